The van der Waals surface area contributed by atoms with Gasteiger partial charge < -0.3 is 14.5 Å². The largest absolute Gasteiger partial charge is 0.497 e. The van der Waals surface area contributed by atoms with Gasteiger partial charge in [0.1, 0.15) is 11.4 Å². The second-order valence-electron chi connectivity index (χ2n) is 6.88. The molecule has 0 spiro atoms. The Kier molecular flexibility index (Phi) is 4.69. The molecular weight excluding hydrogens is 389 g/mol. The summed E-state index contributed by atoms with van der Waals surface area (Å²) in [6.07, 6.45) is 0. The molecule has 0 amide bonds. The Morgan fingerprint density at radius 3 is 2.17 bits per heavy atom. The molecule has 154 valence electrons. The van der Waals surface area contributed by atoms with Gasteiger partial charge in [-0.2, -0.15) is 0 Å². The first-order valence-corrected chi connectivity index (χ1v) is 9.17. The van der Waals surface area contributed by atoms with Gasteiger partial charge in [-0.05, 0) is 35.9 Å². The number of aromatic amines is 1. The molecule has 2 aromatic carbocycles. The fourth-order valence-corrected chi connectivity index (χ4v) is 3.61. The van der Waals surface area contributed by atoms with Crippen molar-refractivity contribution in [2.75, 3.05) is 14.2 Å². The van der Waals surface area contributed by atoms with Crippen molar-refractivity contribution >= 4 is 11.0 Å². The Balaban J connectivity index is 2.12. The van der Waals surface area contributed by atoms with E-state index in [2.05, 4.69) is 4.98 Å². The van der Waals surface area contributed by atoms with Gasteiger partial charge in [0.25, 0.3) is 5.56 Å². The number of fused-ring (bicyclic) bond motifs is 1. The average Bonchev–Trinajstić information content (AvgIpc) is 3.17. The number of rotatable bonds is 4. The van der Waals surface area contributed by atoms with E-state index in [9.17, 15) is 14.0 Å². The zero-order valence-electron chi connectivity index (χ0n) is 16.9. The van der Waals surface area contributed by atoms with Crippen LogP contribution in [0.5, 0.6) is 11.5 Å². The van der Waals surface area contributed by atoms with Crippen LogP contribution >= 0.6 is 0 Å². The van der Waals surface area contributed by atoms with Gasteiger partial charge in [0.2, 0.25) is 0 Å². The van der Waals surface area contributed by atoms with E-state index in [0.717, 1.165) is 10.1 Å². The molecule has 2 aromatic heterocycles. The summed E-state index contributed by atoms with van der Waals surface area (Å²) in [5.74, 6) is 0.247. The molecular formula is C22H20FN3O4. The number of halogens is 1. The molecule has 4 rings (SSSR count). The summed E-state index contributed by atoms with van der Waals surface area (Å²) < 4.78 is 27.1. The molecule has 0 saturated heterocycles. The van der Waals surface area contributed by atoms with Crippen LogP contribution in [0.3, 0.4) is 0 Å². The van der Waals surface area contributed by atoms with Crippen molar-refractivity contribution in [2.24, 2.45) is 14.1 Å². The molecule has 1 N–H and O–H groups in total. The first-order valence-electron chi connectivity index (χ1n) is 9.17. The third-order valence-electron chi connectivity index (χ3n) is 5.23. The predicted molar refractivity (Wildman–Crippen MR) is 113 cm³/mol. The highest BCUT2D eigenvalue weighted by molar-refractivity contribution is 6.02. The Morgan fingerprint density at radius 2 is 1.57 bits per heavy atom. The summed E-state index contributed by atoms with van der Waals surface area (Å²) >= 11 is 0. The number of nitrogens with one attached hydrogen (secondary N) is 1. The molecule has 0 unspecified atom stereocenters. The van der Waals surface area contributed by atoms with E-state index in [4.69, 9.17) is 9.47 Å². The van der Waals surface area contributed by atoms with Gasteiger partial charge >= 0.3 is 5.69 Å². The molecule has 2 heterocycles. The lowest BCUT2D eigenvalue weighted by Gasteiger charge is -2.09. The molecule has 0 aliphatic rings. The number of aromatic nitrogens is 3. The van der Waals surface area contributed by atoms with Crippen molar-refractivity contribution in [2.45, 2.75) is 0 Å². The minimum Gasteiger partial charge on any atom is -0.497 e. The van der Waals surface area contributed by atoms with E-state index in [1.54, 1.807) is 32.4 Å². The molecule has 0 fully saturated rings. The van der Waals surface area contributed by atoms with Crippen LogP contribution in [-0.2, 0) is 14.1 Å². The molecule has 4 aromatic rings. The Hall–Kier alpha value is -3.81. The maximum absolute atomic E-state index is 14.4. The van der Waals surface area contributed by atoms with E-state index < -0.39 is 17.1 Å². The van der Waals surface area contributed by atoms with Crippen molar-refractivity contribution in [1.82, 2.24) is 14.1 Å². The highest BCUT2D eigenvalue weighted by atomic mass is 19.1. The third-order valence-corrected chi connectivity index (χ3v) is 5.23. The number of H-pyrrole nitrogens is 1. The standard InChI is InChI=1S/C22H20FN3O4/c1-25-20-18(21(27)26(2)22(25)28)17(12-5-8-14(29-3)9-6-12)19(24-20)13-7-10-16(30-4)15(23)11-13/h5-11,24H,1-4H3. The van der Waals surface area contributed by atoms with Crippen LogP contribution in [0.4, 0.5) is 4.39 Å². The fourth-order valence-electron chi connectivity index (χ4n) is 3.61. The maximum atomic E-state index is 14.4. The van der Waals surface area contributed by atoms with Gasteiger partial charge in [-0.1, -0.05) is 12.1 Å². The second kappa shape index (κ2) is 7.22. The van der Waals surface area contributed by atoms with E-state index in [0.29, 0.717) is 33.6 Å². The minimum absolute atomic E-state index is 0.115. The molecule has 30 heavy (non-hydrogen) atoms. The third kappa shape index (κ3) is 2.88. The molecule has 0 atom stereocenters. The predicted octanol–water partition coefficient (Wildman–Crippen LogP) is 3.06. The summed E-state index contributed by atoms with van der Waals surface area (Å²) in [7, 11) is 5.97. The normalized spacial score (nSPS) is 11.1. The lowest BCUT2D eigenvalue weighted by Crippen LogP contribution is -2.36. The fraction of sp³-hybridized carbons (Fsp3) is 0.182. The van der Waals surface area contributed by atoms with Crippen LogP contribution < -0.4 is 20.7 Å². The van der Waals surface area contributed by atoms with Crippen LogP contribution in [-0.4, -0.2) is 28.3 Å². The van der Waals surface area contributed by atoms with Gasteiger partial charge in [0.05, 0.1) is 25.3 Å². The number of benzene rings is 2. The van der Waals surface area contributed by atoms with Gasteiger partial charge in [-0.15, -0.1) is 0 Å². The van der Waals surface area contributed by atoms with Crippen molar-refractivity contribution in [1.29, 1.82) is 0 Å². The van der Waals surface area contributed by atoms with Gasteiger partial charge in [-0.25, -0.2) is 9.18 Å². The second-order valence-corrected chi connectivity index (χ2v) is 6.88. The van der Waals surface area contributed by atoms with E-state index >= 15 is 0 Å². The smallest absolute Gasteiger partial charge is 0.332 e. The van der Waals surface area contributed by atoms with E-state index in [1.807, 2.05) is 12.1 Å². The summed E-state index contributed by atoms with van der Waals surface area (Å²) in [6, 6.07) is 11.7. The van der Waals surface area contributed by atoms with Crippen molar-refractivity contribution in [3.63, 3.8) is 0 Å². The molecule has 0 aliphatic carbocycles. The SMILES string of the molecule is COc1ccc(-c2c(-c3ccc(OC)c(F)c3)[nH]c3c2c(=O)n(C)c(=O)n3C)cc1. The first-order chi connectivity index (χ1) is 14.4. The average molecular weight is 409 g/mol. The summed E-state index contributed by atoms with van der Waals surface area (Å²) in [5.41, 5.74) is 1.82. The molecule has 8 heteroatoms. The van der Waals surface area contributed by atoms with E-state index in [-0.39, 0.29) is 5.75 Å². The number of ether oxygens (including phenoxy) is 2. The first kappa shape index (κ1) is 19.5. The van der Waals surface area contributed by atoms with E-state index in [1.165, 1.54) is 30.9 Å². The molecule has 0 aliphatic heterocycles. The van der Waals surface area contributed by atoms with Gasteiger partial charge in [0, 0.05) is 25.2 Å². The molecule has 7 nitrogen and oxygen atoms in total. The van der Waals surface area contributed by atoms with Crippen LogP contribution in [0.25, 0.3) is 33.4 Å². The van der Waals surface area contributed by atoms with Gasteiger partial charge in [-0.3, -0.25) is 13.9 Å². The van der Waals surface area contributed by atoms with Crippen LogP contribution in [0.15, 0.2) is 52.1 Å². The number of hydrogen-bond donors (Lipinski definition) is 1. The zero-order chi connectivity index (χ0) is 21.6. The lowest BCUT2D eigenvalue weighted by atomic mass is 9.99. The number of methoxy groups -OCH3 is 2. The molecule has 0 saturated carbocycles. The zero-order valence-corrected chi connectivity index (χ0v) is 16.9. The Bertz CT molecular complexity index is 1380. The Labute approximate surface area is 170 Å². The van der Waals surface area contributed by atoms with Crippen LogP contribution in [0, 0.1) is 5.82 Å². The monoisotopic (exact) mass is 409 g/mol. The maximum Gasteiger partial charge on any atom is 0.332 e. The highest BCUT2D eigenvalue weighted by Gasteiger charge is 2.22. The Morgan fingerprint density at radius 1 is 0.900 bits per heavy atom. The lowest BCUT2D eigenvalue weighted by molar-refractivity contribution is 0.386. The van der Waals surface area contributed by atoms with Crippen molar-refractivity contribution < 1.29 is 13.9 Å². The highest BCUT2D eigenvalue weighted by Crippen LogP contribution is 2.38. The number of aryl methyl sites for hydroxylation is 1. The van der Waals surface area contributed by atoms with Crippen LogP contribution in [0.1, 0.15) is 0 Å². The van der Waals surface area contributed by atoms with Crippen LogP contribution in [0.2, 0.25) is 0 Å². The summed E-state index contributed by atoms with van der Waals surface area (Å²) in [5, 5.41) is 0.344. The topological polar surface area (TPSA) is 78.2 Å². The minimum atomic E-state index is -0.531. The quantitative estimate of drug-likeness (QED) is 0.562. The summed E-state index contributed by atoms with van der Waals surface area (Å²) in [6.45, 7) is 0. The number of nitrogens with zero attached hydrogens (tertiary/aromatic N) is 2. The van der Waals surface area contributed by atoms with Gasteiger partial charge in [0.15, 0.2) is 11.6 Å². The number of hydrogen-bond acceptors (Lipinski definition) is 4. The summed E-state index contributed by atoms with van der Waals surface area (Å²) in [4.78, 5) is 28.6. The van der Waals surface area contributed by atoms with Crippen molar-refractivity contribution in [3.05, 3.63) is 69.1 Å². The molecule has 0 radical (unpaired) electrons. The molecule has 0 bridgehead atoms. The van der Waals surface area contributed by atoms with Crippen molar-refractivity contribution in [3.8, 4) is 33.9 Å².